The molecule has 0 spiro atoms. The van der Waals surface area contributed by atoms with E-state index in [0.717, 1.165) is 6.07 Å². The molecule has 0 aliphatic carbocycles. The van der Waals surface area contributed by atoms with Crippen LogP contribution >= 0.6 is 0 Å². The number of amides is 1. The Hall–Kier alpha value is -2.95. The number of hydrogen-bond donors (Lipinski definition) is 1. The summed E-state index contributed by atoms with van der Waals surface area (Å²) in [4.78, 5) is 12.4. The summed E-state index contributed by atoms with van der Waals surface area (Å²) >= 11 is 0. The van der Waals surface area contributed by atoms with Crippen LogP contribution in [0, 0.1) is 5.82 Å². The second-order valence-corrected chi connectivity index (χ2v) is 5.87. The van der Waals surface area contributed by atoms with Crippen LogP contribution in [0.5, 0.6) is 5.75 Å². The molecule has 1 aliphatic rings. The predicted molar refractivity (Wildman–Crippen MR) is 84.6 cm³/mol. The van der Waals surface area contributed by atoms with E-state index in [-0.39, 0.29) is 17.4 Å². The van der Waals surface area contributed by atoms with Gasteiger partial charge in [-0.1, -0.05) is 0 Å². The van der Waals surface area contributed by atoms with Crippen molar-refractivity contribution in [3.8, 4) is 5.75 Å². The molecule has 0 saturated carbocycles. The number of halogens is 5. The van der Waals surface area contributed by atoms with Gasteiger partial charge >= 0.3 is 5.91 Å². The molecule has 11 heteroatoms. The molecule has 0 fully saturated rings. The van der Waals surface area contributed by atoms with Crippen LogP contribution < -0.4 is 4.74 Å². The first kappa shape index (κ1) is 19.8. The van der Waals surface area contributed by atoms with Gasteiger partial charge in [-0.25, -0.2) is 22.0 Å². The number of carbonyl (C=O) groups is 1. The Labute approximate surface area is 154 Å². The maximum absolute atomic E-state index is 13.2. The van der Waals surface area contributed by atoms with Gasteiger partial charge in [-0.15, -0.1) is 0 Å². The third kappa shape index (κ3) is 3.84. The molecule has 0 bridgehead atoms. The van der Waals surface area contributed by atoms with Crippen molar-refractivity contribution in [3.05, 3.63) is 53.7 Å². The van der Waals surface area contributed by atoms with E-state index in [0.29, 0.717) is 5.75 Å². The van der Waals surface area contributed by atoms with Crippen molar-refractivity contribution in [1.29, 1.82) is 0 Å². The van der Waals surface area contributed by atoms with Crippen molar-refractivity contribution >= 4 is 11.6 Å². The van der Waals surface area contributed by atoms with Crippen molar-refractivity contribution in [1.82, 2.24) is 5.01 Å². The Morgan fingerprint density at radius 3 is 2.50 bits per heavy atom. The van der Waals surface area contributed by atoms with Crippen LogP contribution in [0.1, 0.15) is 22.7 Å². The summed E-state index contributed by atoms with van der Waals surface area (Å²) in [6.07, 6.45) is -7.93. The number of furan rings is 1. The second kappa shape index (κ2) is 7.58. The lowest BCUT2D eigenvalue weighted by molar-refractivity contribution is -0.164. The summed E-state index contributed by atoms with van der Waals surface area (Å²) in [5.74, 6) is -1.87. The molecule has 2 heterocycles. The van der Waals surface area contributed by atoms with E-state index in [2.05, 4.69) is 5.10 Å². The first-order valence-electron chi connectivity index (χ1n) is 7.88. The highest BCUT2D eigenvalue weighted by molar-refractivity contribution is 5.97. The summed E-state index contributed by atoms with van der Waals surface area (Å²) in [5.41, 5.74) is -4.23. The Bertz CT molecular complexity index is 884. The summed E-state index contributed by atoms with van der Waals surface area (Å²) in [6.45, 7) is -0.177. The fraction of sp³-hybridized carbons (Fsp3) is 0.294. The van der Waals surface area contributed by atoms with Crippen LogP contribution in [0.2, 0.25) is 0 Å². The molecule has 1 atom stereocenters. The number of rotatable bonds is 6. The average Bonchev–Trinajstić information content (AvgIpc) is 3.26. The molecule has 0 radical (unpaired) electrons. The van der Waals surface area contributed by atoms with Gasteiger partial charge in [0.1, 0.15) is 29.6 Å². The van der Waals surface area contributed by atoms with Gasteiger partial charge in [0.15, 0.2) is 5.76 Å². The van der Waals surface area contributed by atoms with Gasteiger partial charge in [0, 0.05) is 6.42 Å². The zero-order chi connectivity index (χ0) is 20.5. The predicted octanol–water partition coefficient (Wildman–Crippen LogP) is 3.42. The fourth-order valence-corrected chi connectivity index (χ4v) is 2.46. The minimum Gasteiger partial charge on any atom is -0.486 e. The highest BCUT2D eigenvalue weighted by Crippen LogP contribution is 2.34. The molecule has 1 aliphatic heterocycles. The van der Waals surface area contributed by atoms with Crippen molar-refractivity contribution in [2.45, 2.75) is 31.6 Å². The Balaban J connectivity index is 1.74. The van der Waals surface area contributed by atoms with E-state index < -0.39 is 48.2 Å². The maximum Gasteiger partial charge on any atom is 0.312 e. The van der Waals surface area contributed by atoms with E-state index in [1.807, 2.05) is 0 Å². The van der Waals surface area contributed by atoms with Gasteiger partial charge in [0.2, 0.25) is 5.72 Å². The number of hydrazone groups is 1. The quantitative estimate of drug-likeness (QED) is 0.749. The van der Waals surface area contributed by atoms with E-state index in [1.54, 1.807) is 0 Å². The van der Waals surface area contributed by atoms with Crippen LogP contribution in [0.3, 0.4) is 0 Å². The number of benzene rings is 1. The second-order valence-electron chi connectivity index (χ2n) is 5.87. The molecule has 1 aromatic heterocycles. The lowest BCUT2D eigenvalue weighted by Gasteiger charge is -2.29. The monoisotopic (exact) mass is 404 g/mol. The van der Waals surface area contributed by atoms with E-state index >= 15 is 0 Å². The van der Waals surface area contributed by atoms with Crippen LogP contribution in [-0.4, -0.2) is 40.3 Å². The molecule has 28 heavy (non-hydrogen) atoms. The smallest absolute Gasteiger partial charge is 0.312 e. The minimum absolute atomic E-state index is 0.0946. The number of hydrogen-bond acceptors (Lipinski definition) is 5. The van der Waals surface area contributed by atoms with Crippen LogP contribution in [-0.2, 0) is 6.61 Å². The van der Waals surface area contributed by atoms with Crippen molar-refractivity contribution in [2.24, 2.45) is 5.10 Å². The normalized spacial score (nSPS) is 19.4. The summed E-state index contributed by atoms with van der Waals surface area (Å²) in [6, 6.07) is 7.46. The van der Waals surface area contributed by atoms with Gasteiger partial charge in [-0.3, -0.25) is 4.79 Å². The molecule has 1 amide bonds. The third-order valence-corrected chi connectivity index (χ3v) is 3.90. The molecule has 1 aromatic carbocycles. The molecule has 0 unspecified atom stereocenters. The van der Waals surface area contributed by atoms with Crippen LogP contribution in [0.15, 0.2) is 45.9 Å². The van der Waals surface area contributed by atoms with Crippen LogP contribution in [0.4, 0.5) is 22.0 Å². The molecule has 1 N–H and O–H groups in total. The van der Waals surface area contributed by atoms with Crippen molar-refractivity contribution < 1.29 is 41.0 Å². The number of alkyl halides is 4. The third-order valence-electron chi connectivity index (χ3n) is 3.90. The Morgan fingerprint density at radius 1 is 1.21 bits per heavy atom. The summed E-state index contributed by atoms with van der Waals surface area (Å²) in [7, 11) is 0. The average molecular weight is 404 g/mol. The molecule has 2 aromatic rings. The summed E-state index contributed by atoms with van der Waals surface area (Å²) in [5, 5.41) is 13.0. The Morgan fingerprint density at radius 2 is 1.89 bits per heavy atom. The molecular weight excluding hydrogens is 391 g/mol. The highest BCUT2D eigenvalue weighted by atomic mass is 19.3. The highest BCUT2D eigenvalue weighted by Gasteiger charge is 2.53. The van der Waals surface area contributed by atoms with Crippen molar-refractivity contribution in [2.75, 3.05) is 0 Å². The molecular formula is C17H13F5N2O4. The fourth-order valence-electron chi connectivity index (χ4n) is 2.46. The first-order valence-corrected chi connectivity index (χ1v) is 7.88. The number of aliphatic hydroxyl groups is 1. The zero-order valence-electron chi connectivity index (χ0n) is 14.0. The van der Waals surface area contributed by atoms with Crippen molar-refractivity contribution in [3.63, 3.8) is 0 Å². The van der Waals surface area contributed by atoms with Gasteiger partial charge in [0.25, 0.3) is 12.9 Å². The molecule has 150 valence electrons. The standard InChI is InChI=1S/C17H13F5N2O4/c18-9-1-3-10(4-2-9)27-8-11-5-6-13(28-11)15(25)24-17(26,16(21)22)7-12(23-24)14(19)20/h1-6,14,16,26H,7-8H2/t17-/m1/s1. The molecule has 0 saturated heterocycles. The van der Waals surface area contributed by atoms with Gasteiger partial charge in [0.05, 0.1) is 0 Å². The lowest BCUT2D eigenvalue weighted by atomic mass is 10.1. The number of carbonyl (C=O) groups excluding carboxylic acids is 1. The topological polar surface area (TPSA) is 75.3 Å². The number of nitrogens with zero attached hydrogens (tertiary/aromatic N) is 2. The van der Waals surface area contributed by atoms with E-state index in [9.17, 15) is 31.9 Å². The summed E-state index contributed by atoms with van der Waals surface area (Å²) < 4.78 is 75.3. The van der Waals surface area contributed by atoms with E-state index in [1.165, 1.54) is 30.3 Å². The SMILES string of the molecule is O=C(c1ccc(COc2ccc(F)cc2)o1)N1N=C(C(F)F)C[C@@]1(O)C(F)F. The van der Waals surface area contributed by atoms with Crippen LogP contribution in [0.25, 0.3) is 0 Å². The van der Waals surface area contributed by atoms with Gasteiger partial charge in [-0.05, 0) is 36.4 Å². The van der Waals surface area contributed by atoms with Gasteiger partial charge < -0.3 is 14.3 Å². The maximum atomic E-state index is 13.2. The van der Waals surface area contributed by atoms with E-state index in [4.69, 9.17) is 9.15 Å². The molecule has 6 nitrogen and oxygen atoms in total. The number of ether oxygens (including phenoxy) is 1. The largest absolute Gasteiger partial charge is 0.486 e. The zero-order valence-corrected chi connectivity index (χ0v) is 14.0. The Kier molecular flexibility index (Phi) is 5.36. The first-order chi connectivity index (χ1) is 13.2. The lowest BCUT2D eigenvalue weighted by Crippen LogP contribution is -2.51. The minimum atomic E-state index is -3.53. The van der Waals surface area contributed by atoms with Gasteiger partial charge in [-0.2, -0.15) is 10.1 Å². The molecule has 3 rings (SSSR count).